The number of carbonyl (C=O) groups is 4. The molecule has 3 rings (SSSR count). The van der Waals surface area contributed by atoms with Crippen LogP contribution in [0.2, 0.25) is 0 Å². The highest BCUT2D eigenvalue weighted by molar-refractivity contribution is 5.92. The number of aryl methyl sites for hydroxylation is 1. The van der Waals surface area contributed by atoms with Crippen molar-refractivity contribution < 1.29 is 48.0 Å². The summed E-state index contributed by atoms with van der Waals surface area (Å²) < 4.78 is 26.6. The van der Waals surface area contributed by atoms with Crippen molar-refractivity contribution in [1.29, 1.82) is 0 Å². The summed E-state index contributed by atoms with van der Waals surface area (Å²) >= 11 is 0. The third-order valence-electron chi connectivity index (χ3n) is 6.48. The molecule has 0 bridgehead atoms. The van der Waals surface area contributed by atoms with Crippen LogP contribution in [0, 0.1) is 6.92 Å². The fraction of sp³-hybridized carbons (Fsp3) is 0.314. The van der Waals surface area contributed by atoms with Crippen LogP contribution in [0.4, 0.5) is 0 Å². The average molecular weight is 619 g/mol. The zero-order chi connectivity index (χ0) is 32.6. The summed E-state index contributed by atoms with van der Waals surface area (Å²) in [6.07, 6.45) is 4.57. The molecular formula is C35H38O10. The van der Waals surface area contributed by atoms with E-state index in [0.29, 0.717) is 55.1 Å². The Morgan fingerprint density at radius 2 is 1.40 bits per heavy atom. The first-order chi connectivity index (χ1) is 21.7. The van der Waals surface area contributed by atoms with Crippen LogP contribution in [0.25, 0.3) is 0 Å². The highest BCUT2D eigenvalue weighted by Crippen LogP contribution is 2.26. The molecule has 0 amide bonds. The van der Waals surface area contributed by atoms with E-state index in [9.17, 15) is 24.3 Å². The Morgan fingerprint density at radius 1 is 0.778 bits per heavy atom. The number of unbranched alkanes of at least 4 members (excludes halogenated alkanes) is 3. The van der Waals surface area contributed by atoms with E-state index in [1.54, 1.807) is 25.1 Å². The number of aliphatic hydroxyl groups is 1. The molecule has 10 nitrogen and oxygen atoms in total. The fourth-order valence-electron chi connectivity index (χ4n) is 4.00. The lowest BCUT2D eigenvalue weighted by atomic mass is 10.2. The number of ether oxygens (including phenoxy) is 5. The Balaban J connectivity index is 1.45. The molecule has 0 aromatic heterocycles. The number of hydrogen-bond donors (Lipinski definition) is 1. The molecule has 0 saturated carbocycles. The lowest BCUT2D eigenvalue weighted by molar-refractivity contribution is -0.138. The van der Waals surface area contributed by atoms with Crippen molar-refractivity contribution in [2.75, 3.05) is 6.61 Å². The van der Waals surface area contributed by atoms with Crippen LogP contribution < -0.4 is 18.9 Å². The first kappa shape index (κ1) is 34.5. The quantitative estimate of drug-likeness (QED) is 0.0586. The van der Waals surface area contributed by atoms with E-state index in [2.05, 4.69) is 6.58 Å². The van der Waals surface area contributed by atoms with Crippen molar-refractivity contribution in [3.8, 4) is 23.0 Å². The van der Waals surface area contributed by atoms with Gasteiger partial charge in [0.15, 0.2) is 6.29 Å². The maximum absolute atomic E-state index is 12.7. The van der Waals surface area contributed by atoms with Crippen LogP contribution in [0.15, 0.2) is 79.4 Å². The molecular weight excluding hydrogens is 580 g/mol. The van der Waals surface area contributed by atoms with E-state index in [4.69, 9.17) is 23.7 Å². The van der Waals surface area contributed by atoms with E-state index in [1.165, 1.54) is 48.5 Å². The molecule has 238 valence electrons. The second-order valence-corrected chi connectivity index (χ2v) is 10.1. The van der Waals surface area contributed by atoms with Gasteiger partial charge in [-0.1, -0.05) is 19.9 Å². The third kappa shape index (κ3) is 11.9. The minimum atomic E-state index is -1.02. The van der Waals surface area contributed by atoms with Gasteiger partial charge in [0.05, 0.1) is 17.7 Å². The van der Waals surface area contributed by atoms with Gasteiger partial charge in [0.25, 0.3) is 0 Å². The van der Waals surface area contributed by atoms with Crippen LogP contribution >= 0.6 is 0 Å². The van der Waals surface area contributed by atoms with E-state index in [1.807, 2.05) is 6.92 Å². The molecule has 0 heterocycles. The van der Waals surface area contributed by atoms with Gasteiger partial charge in [-0.15, -0.1) is 0 Å². The average Bonchev–Trinajstić information content (AvgIpc) is 3.03. The summed E-state index contributed by atoms with van der Waals surface area (Å²) in [5, 5.41) is 10.1. The number of benzene rings is 3. The van der Waals surface area contributed by atoms with Crippen LogP contribution in [0.1, 0.15) is 78.1 Å². The molecule has 3 aromatic rings. The summed E-state index contributed by atoms with van der Waals surface area (Å²) in [5.41, 5.74) is 1.13. The molecule has 1 N–H and O–H groups in total. The van der Waals surface area contributed by atoms with Gasteiger partial charge in [0.2, 0.25) is 0 Å². The Morgan fingerprint density at radius 3 is 2.02 bits per heavy atom. The smallest absolute Gasteiger partial charge is 0.343 e. The van der Waals surface area contributed by atoms with Gasteiger partial charge in [-0.25, -0.2) is 14.4 Å². The van der Waals surface area contributed by atoms with Crippen LogP contribution in [-0.4, -0.2) is 41.9 Å². The van der Waals surface area contributed by atoms with Gasteiger partial charge in [-0.05, 0) is 105 Å². The predicted molar refractivity (Wildman–Crippen MR) is 165 cm³/mol. The highest BCUT2D eigenvalue weighted by atomic mass is 16.6. The summed E-state index contributed by atoms with van der Waals surface area (Å²) in [7, 11) is 0. The zero-order valence-electron chi connectivity index (χ0n) is 25.5. The number of carbonyl (C=O) groups excluding carboxylic acids is 4. The van der Waals surface area contributed by atoms with Crippen LogP contribution in [0.3, 0.4) is 0 Å². The van der Waals surface area contributed by atoms with Gasteiger partial charge in [-0.2, -0.15) is 0 Å². The topological polar surface area (TPSA) is 135 Å². The molecule has 1 unspecified atom stereocenters. The molecule has 0 spiro atoms. The molecule has 0 fully saturated rings. The van der Waals surface area contributed by atoms with Gasteiger partial charge >= 0.3 is 23.9 Å². The van der Waals surface area contributed by atoms with Crippen molar-refractivity contribution >= 4 is 23.9 Å². The van der Waals surface area contributed by atoms with E-state index in [-0.39, 0.29) is 22.8 Å². The Kier molecular flexibility index (Phi) is 13.8. The lowest BCUT2D eigenvalue weighted by Crippen LogP contribution is -2.15. The molecule has 45 heavy (non-hydrogen) atoms. The molecule has 1 atom stereocenters. The summed E-state index contributed by atoms with van der Waals surface area (Å²) in [5.74, 6) is -0.665. The third-order valence-corrected chi connectivity index (χ3v) is 6.48. The molecule has 0 saturated heterocycles. The summed E-state index contributed by atoms with van der Waals surface area (Å²) in [6, 6.07) is 16.9. The largest absolute Gasteiger partial charge is 0.465 e. The second kappa shape index (κ2) is 18.0. The number of hydrogen-bond acceptors (Lipinski definition) is 10. The normalized spacial score (nSPS) is 11.2. The van der Waals surface area contributed by atoms with Crippen LogP contribution in [-0.2, 0) is 14.3 Å². The van der Waals surface area contributed by atoms with Crippen molar-refractivity contribution in [2.45, 2.75) is 65.1 Å². The second-order valence-electron chi connectivity index (χ2n) is 10.1. The number of esters is 4. The van der Waals surface area contributed by atoms with E-state index in [0.717, 1.165) is 25.3 Å². The Bertz CT molecular complexity index is 1440. The highest BCUT2D eigenvalue weighted by Gasteiger charge is 2.15. The van der Waals surface area contributed by atoms with E-state index >= 15 is 0 Å². The predicted octanol–water partition coefficient (Wildman–Crippen LogP) is 6.52. The molecule has 10 heteroatoms. The standard InChI is InChI=1S/C35H38O10/c1-4-6-10-32(37)42-27-16-12-25(13-17-27)34(39)44-29-20-21-30(24(3)23-29)45-35(40)26-14-18-28(19-15-26)43-33(38)11-8-7-9-22-41-31(36)5-2/h5,12-21,23,33,38H,2,4,6-11,22H2,1,3H3. The molecule has 0 radical (unpaired) electrons. The lowest BCUT2D eigenvalue weighted by Gasteiger charge is -2.14. The summed E-state index contributed by atoms with van der Waals surface area (Å²) in [4.78, 5) is 48.1. The number of aliphatic hydroxyl groups excluding tert-OH is 1. The maximum Gasteiger partial charge on any atom is 0.343 e. The van der Waals surface area contributed by atoms with Crippen molar-refractivity contribution in [3.05, 3.63) is 96.1 Å². The van der Waals surface area contributed by atoms with E-state index < -0.39 is 24.2 Å². The Hall–Kier alpha value is -4.96. The molecule has 0 aliphatic carbocycles. The first-order valence-corrected chi connectivity index (χ1v) is 14.8. The Labute approximate surface area is 262 Å². The van der Waals surface area contributed by atoms with Crippen molar-refractivity contribution in [2.24, 2.45) is 0 Å². The fourth-order valence-corrected chi connectivity index (χ4v) is 4.00. The van der Waals surface area contributed by atoms with Crippen molar-refractivity contribution in [1.82, 2.24) is 0 Å². The van der Waals surface area contributed by atoms with Crippen molar-refractivity contribution in [3.63, 3.8) is 0 Å². The minimum absolute atomic E-state index is 0.267. The first-order valence-electron chi connectivity index (χ1n) is 14.8. The number of rotatable bonds is 17. The van der Waals surface area contributed by atoms with Crippen LogP contribution in [0.5, 0.6) is 23.0 Å². The van der Waals surface area contributed by atoms with Gasteiger partial charge in [0, 0.05) is 18.9 Å². The SMILES string of the molecule is C=CC(=O)OCCCCCC(O)Oc1ccc(C(=O)Oc2ccc(OC(=O)c3ccc(OC(=O)CCCC)cc3)cc2C)cc1. The summed E-state index contributed by atoms with van der Waals surface area (Å²) in [6.45, 7) is 7.34. The zero-order valence-corrected chi connectivity index (χ0v) is 25.5. The molecule has 0 aliphatic heterocycles. The van der Waals surface area contributed by atoms with Gasteiger partial charge < -0.3 is 28.8 Å². The minimum Gasteiger partial charge on any atom is -0.465 e. The van der Waals surface area contributed by atoms with Gasteiger partial charge in [0.1, 0.15) is 23.0 Å². The maximum atomic E-state index is 12.7. The molecule has 0 aliphatic rings. The van der Waals surface area contributed by atoms with Gasteiger partial charge in [-0.3, -0.25) is 4.79 Å². The monoisotopic (exact) mass is 618 g/mol. The molecule has 3 aromatic carbocycles.